The molecule has 1 aromatic carbocycles. The number of aromatic nitrogens is 2. The summed E-state index contributed by atoms with van der Waals surface area (Å²) in [6.07, 6.45) is 3.23. The molecule has 0 aliphatic heterocycles. The highest BCUT2D eigenvalue weighted by Gasteiger charge is 2.08. The van der Waals surface area contributed by atoms with Gasteiger partial charge in [-0.05, 0) is 47.0 Å². The molecule has 0 fully saturated rings. The van der Waals surface area contributed by atoms with Gasteiger partial charge in [-0.3, -0.25) is 0 Å². The van der Waals surface area contributed by atoms with Gasteiger partial charge >= 0.3 is 0 Å². The van der Waals surface area contributed by atoms with E-state index in [2.05, 4.69) is 57.2 Å². The number of nitrogens with one attached hydrogen (secondary N) is 2. The fourth-order valence-electron chi connectivity index (χ4n) is 1.98. The molecule has 3 nitrogen and oxygen atoms in total. The maximum absolute atomic E-state index is 6.17. The summed E-state index contributed by atoms with van der Waals surface area (Å²) >= 11 is 9.71. The summed E-state index contributed by atoms with van der Waals surface area (Å²) in [5, 5.41) is 3.94. The second kappa shape index (κ2) is 7.14. The molecule has 0 saturated heterocycles. The van der Waals surface area contributed by atoms with Gasteiger partial charge in [0, 0.05) is 16.6 Å². The van der Waals surface area contributed by atoms with Crippen LogP contribution in [-0.4, -0.2) is 9.97 Å². The number of aromatic amines is 1. The zero-order chi connectivity index (χ0) is 14.5. The largest absolute Gasteiger partial charge is 0.378 e. The van der Waals surface area contributed by atoms with E-state index in [1.807, 2.05) is 6.07 Å². The van der Waals surface area contributed by atoms with E-state index < -0.39 is 0 Å². The normalized spacial score (nSPS) is 10.8. The second-order valence-corrected chi connectivity index (χ2v) is 6.11. The van der Waals surface area contributed by atoms with Crippen molar-refractivity contribution in [3.63, 3.8) is 0 Å². The number of H-pyrrole nitrogens is 1. The van der Waals surface area contributed by atoms with Crippen molar-refractivity contribution in [2.75, 3.05) is 5.32 Å². The first-order valence-corrected chi connectivity index (χ1v) is 8.00. The van der Waals surface area contributed by atoms with E-state index in [0.29, 0.717) is 11.7 Å². The second-order valence-electron chi connectivity index (χ2n) is 4.89. The standard InChI is InChI=1S/C15H19BrClN3/c1-3-4-5-14-19-13(15(17)20-14)9-18-12-8-10(2)6-7-11(12)16/h6-8,18H,3-5,9H2,1-2H3,(H,19,20). The highest BCUT2D eigenvalue weighted by Crippen LogP contribution is 2.24. The highest BCUT2D eigenvalue weighted by molar-refractivity contribution is 9.10. The molecule has 2 N–H and O–H groups in total. The first-order valence-electron chi connectivity index (χ1n) is 6.83. The molecular formula is C15H19BrClN3. The Morgan fingerprint density at radius 1 is 1.40 bits per heavy atom. The van der Waals surface area contributed by atoms with E-state index in [1.165, 1.54) is 5.56 Å². The van der Waals surface area contributed by atoms with Crippen LogP contribution in [-0.2, 0) is 13.0 Å². The average Bonchev–Trinajstić information content (AvgIpc) is 2.78. The van der Waals surface area contributed by atoms with E-state index in [1.54, 1.807) is 0 Å². The number of aryl methyl sites for hydroxylation is 2. The lowest BCUT2D eigenvalue weighted by Crippen LogP contribution is -2.01. The van der Waals surface area contributed by atoms with E-state index in [9.17, 15) is 0 Å². The van der Waals surface area contributed by atoms with Crippen LogP contribution >= 0.6 is 27.5 Å². The average molecular weight is 357 g/mol. The molecule has 0 atom stereocenters. The van der Waals surface area contributed by atoms with Gasteiger partial charge in [0.05, 0.1) is 12.2 Å². The third-order valence-corrected chi connectivity index (χ3v) is 4.13. The van der Waals surface area contributed by atoms with Crippen LogP contribution in [0, 0.1) is 6.92 Å². The molecule has 5 heteroatoms. The molecule has 0 bridgehead atoms. The van der Waals surface area contributed by atoms with E-state index in [4.69, 9.17) is 11.6 Å². The van der Waals surface area contributed by atoms with Crippen LogP contribution < -0.4 is 5.32 Å². The van der Waals surface area contributed by atoms with E-state index in [-0.39, 0.29) is 0 Å². The summed E-state index contributed by atoms with van der Waals surface area (Å²) in [4.78, 5) is 7.66. The van der Waals surface area contributed by atoms with Crippen LogP contribution in [0.2, 0.25) is 5.15 Å². The monoisotopic (exact) mass is 355 g/mol. The van der Waals surface area contributed by atoms with Crippen LogP contribution in [0.1, 0.15) is 36.8 Å². The van der Waals surface area contributed by atoms with Crippen molar-refractivity contribution in [3.8, 4) is 0 Å². The molecule has 1 heterocycles. The maximum atomic E-state index is 6.17. The molecule has 0 unspecified atom stereocenters. The molecule has 0 spiro atoms. The van der Waals surface area contributed by atoms with Crippen molar-refractivity contribution in [1.29, 1.82) is 0 Å². The lowest BCUT2D eigenvalue weighted by atomic mass is 10.2. The van der Waals surface area contributed by atoms with Gasteiger partial charge in [0.15, 0.2) is 5.15 Å². The SMILES string of the molecule is CCCCc1nc(Cl)c(CNc2cc(C)ccc2Br)[nH]1. The predicted molar refractivity (Wildman–Crippen MR) is 88.4 cm³/mol. The Balaban J connectivity index is 2.03. The van der Waals surface area contributed by atoms with Gasteiger partial charge < -0.3 is 10.3 Å². The number of nitrogens with zero attached hydrogens (tertiary/aromatic N) is 1. The maximum Gasteiger partial charge on any atom is 0.152 e. The number of anilines is 1. The van der Waals surface area contributed by atoms with Crippen molar-refractivity contribution in [3.05, 3.63) is 44.9 Å². The van der Waals surface area contributed by atoms with Crippen molar-refractivity contribution in [2.24, 2.45) is 0 Å². The number of imidazole rings is 1. The van der Waals surface area contributed by atoms with Crippen LogP contribution in [0.15, 0.2) is 22.7 Å². The smallest absolute Gasteiger partial charge is 0.152 e. The molecule has 0 saturated carbocycles. The van der Waals surface area contributed by atoms with Crippen LogP contribution in [0.25, 0.3) is 0 Å². The zero-order valence-electron chi connectivity index (χ0n) is 11.8. The Labute approximate surface area is 133 Å². The summed E-state index contributed by atoms with van der Waals surface area (Å²) in [7, 11) is 0. The molecule has 20 heavy (non-hydrogen) atoms. The summed E-state index contributed by atoms with van der Waals surface area (Å²) in [5.41, 5.74) is 3.21. The third kappa shape index (κ3) is 4.00. The number of benzene rings is 1. The molecule has 108 valence electrons. The van der Waals surface area contributed by atoms with E-state index >= 15 is 0 Å². The van der Waals surface area contributed by atoms with Crippen LogP contribution in [0.3, 0.4) is 0 Å². The lowest BCUT2D eigenvalue weighted by Gasteiger charge is -2.08. The molecular weight excluding hydrogens is 338 g/mol. The van der Waals surface area contributed by atoms with E-state index in [0.717, 1.165) is 40.9 Å². The van der Waals surface area contributed by atoms with Crippen LogP contribution in [0.5, 0.6) is 0 Å². The van der Waals surface area contributed by atoms with Crippen molar-refractivity contribution in [2.45, 2.75) is 39.7 Å². The number of halogens is 2. The van der Waals surface area contributed by atoms with Crippen LogP contribution in [0.4, 0.5) is 5.69 Å². The van der Waals surface area contributed by atoms with Gasteiger partial charge in [-0.25, -0.2) is 4.98 Å². The molecule has 1 aromatic heterocycles. The van der Waals surface area contributed by atoms with Gasteiger partial charge in [0.2, 0.25) is 0 Å². The minimum Gasteiger partial charge on any atom is -0.378 e. The third-order valence-electron chi connectivity index (χ3n) is 3.12. The minimum absolute atomic E-state index is 0.562. The van der Waals surface area contributed by atoms with Crippen molar-refractivity contribution < 1.29 is 0 Å². The molecule has 0 amide bonds. The van der Waals surface area contributed by atoms with Gasteiger partial charge in [-0.1, -0.05) is 31.0 Å². The lowest BCUT2D eigenvalue weighted by molar-refractivity contribution is 0.760. The zero-order valence-corrected chi connectivity index (χ0v) is 14.1. The number of rotatable bonds is 6. The van der Waals surface area contributed by atoms with Gasteiger partial charge in [0.25, 0.3) is 0 Å². The van der Waals surface area contributed by atoms with Crippen molar-refractivity contribution in [1.82, 2.24) is 9.97 Å². The minimum atomic E-state index is 0.562. The molecule has 2 aromatic rings. The topological polar surface area (TPSA) is 40.7 Å². The first-order chi connectivity index (χ1) is 9.60. The molecule has 0 aliphatic carbocycles. The van der Waals surface area contributed by atoms with Gasteiger partial charge in [-0.15, -0.1) is 0 Å². The Hall–Kier alpha value is -1.000. The Bertz CT molecular complexity index is 580. The molecule has 0 radical (unpaired) electrons. The molecule has 2 rings (SSSR count). The quantitative estimate of drug-likeness (QED) is 0.757. The number of unbranched alkanes of at least 4 members (excludes halogenated alkanes) is 1. The molecule has 0 aliphatic rings. The Morgan fingerprint density at radius 3 is 2.95 bits per heavy atom. The van der Waals surface area contributed by atoms with Gasteiger partial charge in [-0.2, -0.15) is 0 Å². The van der Waals surface area contributed by atoms with Crippen molar-refractivity contribution >= 4 is 33.2 Å². The summed E-state index contributed by atoms with van der Waals surface area (Å²) in [6, 6.07) is 6.21. The first kappa shape index (κ1) is 15.4. The number of hydrogen-bond donors (Lipinski definition) is 2. The Kier molecular flexibility index (Phi) is 5.49. The highest BCUT2D eigenvalue weighted by atomic mass is 79.9. The predicted octanol–water partition coefficient (Wildman–Crippen LogP) is 5.09. The number of hydrogen-bond acceptors (Lipinski definition) is 2. The summed E-state index contributed by atoms with van der Waals surface area (Å²) in [6.45, 7) is 4.88. The van der Waals surface area contributed by atoms with Gasteiger partial charge in [0.1, 0.15) is 5.82 Å². The summed E-state index contributed by atoms with van der Waals surface area (Å²) in [5.74, 6) is 0.969. The fraction of sp³-hybridized carbons (Fsp3) is 0.400. The Morgan fingerprint density at radius 2 is 2.20 bits per heavy atom. The fourth-order valence-corrected chi connectivity index (χ4v) is 2.58. The summed E-state index contributed by atoms with van der Waals surface area (Å²) < 4.78 is 1.05.